The number of hydrogen-bond acceptors (Lipinski definition) is 4. The quantitative estimate of drug-likeness (QED) is 0.730. The van der Waals surface area contributed by atoms with Gasteiger partial charge >= 0.3 is 6.09 Å². The molecule has 1 amide bonds. The van der Waals surface area contributed by atoms with E-state index in [1.165, 1.54) is 0 Å². The fourth-order valence-corrected chi connectivity index (χ4v) is 4.11. The maximum absolute atomic E-state index is 11.4. The van der Waals surface area contributed by atoms with Crippen LogP contribution in [0.25, 0.3) is 0 Å². The fraction of sp³-hybridized carbons (Fsp3) is 0.846. The van der Waals surface area contributed by atoms with Crippen molar-refractivity contribution in [3.05, 3.63) is 0 Å². The lowest BCUT2D eigenvalue weighted by Gasteiger charge is -2.32. The summed E-state index contributed by atoms with van der Waals surface area (Å²) in [6.45, 7) is 1.08. The Kier molecular flexibility index (Phi) is 3.22. The lowest BCUT2D eigenvalue weighted by atomic mass is 9.76. The van der Waals surface area contributed by atoms with Crippen LogP contribution >= 0.6 is 0 Å². The van der Waals surface area contributed by atoms with Gasteiger partial charge in [-0.2, -0.15) is 0 Å². The maximum atomic E-state index is 11.4. The first-order valence-corrected chi connectivity index (χ1v) is 6.87. The Morgan fingerprint density at radius 1 is 1.32 bits per heavy atom. The topological polar surface area (TPSA) is 84.9 Å². The predicted molar refractivity (Wildman–Crippen MR) is 64.6 cm³/mol. The van der Waals surface area contributed by atoms with Crippen molar-refractivity contribution in [3.63, 3.8) is 0 Å². The van der Waals surface area contributed by atoms with Gasteiger partial charge in [0.25, 0.3) is 0 Å². The average Bonchev–Trinajstić information content (AvgIpc) is 2.93. The van der Waals surface area contributed by atoms with Crippen molar-refractivity contribution >= 4 is 12.4 Å². The highest BCUT2D eigenvalue weighted by molar-refractivity contribution is 5.64. The summed E-state index contributed by atoms with van der Waals surface area (Å²) in [4.78, 5) is 22.1. The summed E-state index contributed by atoms with van der Waals surface area (Å²) in [6.07, 6.45) is 3.12. The zero-order valence-corrected chi connectivity index (χ0v) is 10.7. The van der Waals surface area contributed by atoms with Gasteiger partial charge in [-0.05, 0) is 31.1 Å². The van der Waals surface area contributed by atoms with E-state index in [0.29, 0.717) is 25.6 Å². The van der Waals surface area contributed by atoms with Crippen molar-refractivity contribution in [1.82, 2.24) is 5.32 Å². The minimum atomic E-state index is -0.975. The number of aldehydes is 1. The zero-order chi connectivity index (χ0) is 13.5. The van der Waals surface area contributed by atoms with Crippen LogP contribution in [0.4, 0.5) is 4.79 Å². The second-order valence-corrected chi connectivity index (χ2v) is 5.76. The number of carbonyl (C=O) groups is 2. The van der Waals surface area contributed by atoms with Gasteiger partial charge in [0.05, 0.1) is 19.1 Å². The van der Waals surface area contributed by atoms with Crippen molar-refractivity contribution in [2.24, 2.45) is 17.8 Å². The Balaban J connectivity index is 1.73. The molecule has 0 aromatic heterocycles. The molecule has 6 nitrogen and oxygen atoms in total. The van der Waals surface area contributed by atoms with Crippen molar-refractivity contribution in [2.45, 2.75) is 37.5 Å². The SMILES string of the molecule is O=C[C@H]1[C@@H]2CCC(NC(=O)O)C[C@@H]2CC12OCCO2. The molecule has 2 N–H and O–H groups in total. The second kappa shape index (κ2) is 4.76. The minimum absolute atomic E-state index is 0.0115. The van der Waals surface area contributed by atoms with E-state index in [2.05, 4.69) is 5.32 Å². The summed E-state index contributed by atoms with van der Waals surface area (Å²) in [6, 6.07) is -0.0115. The summed E-state index contributed by atoms with van der Waals surface area (Å²) in [5.41, 5.74) is 0. The van der Waals surface area contributed by atoms with Crippen LogP contribution in [0.1, 0.15) is 25.7 Å². The van der Waals surface area contributed by atoms with Gasteiger partial charge in [0, 0.05) is 12.5 Å². The van der Waals surface area contributed by atoms with Gasteiger partial charge in [0.2, 0.25) is 0 Å². The van der Waals surface area contributed by atoms with Crippen molar-refractivity contribution < 1.29 is 24.2 Å². The van der Waals surface area contributed by atoms with Crippen LogP contribution in [0.5, 0.6) is 0 Å². The first-order chi connectivity index (χ1) is 9.14. The number of nitrogens with one attached hydrogen (secondary N) is 1. The number of amides is 1. The maximum Gasteiger partial charge on any atom is 0.404 e. The molecule has 1 unspecified atom stereocenters. The molecular weight excluding hydrogens is 250 g/mol. The molecule has 19 heavy (non-hydrogen) atoms. The van der Waals surface area contributed by atoms with E-state index in [1.807, 2.05) is 0 Å². The van der Waals surface area contributed by atoms with Gasteiger partial charge in [-0.25, -0.2) is 4.79 Å². The number of rotatable bonds is 2. The van der Waals surface area contributed by atoms with Gasteiger partial charge < -0.3 is 24.7 Å². The van der Waals surface area contributed by atoms with Crippen LogP contribution < -0.4 is 5.32 Å². The monoisotopic (exact) mass is 269 g/mol. The van der Waals surface area contributed by atoms with Gasteiger partial charge in [-0.1, -0.05) is 0 Å². The van der Waals surface area contributed by atoms with E-state index in [1.54, 1.807) is 0 Å². The van der Waals surface area contributed by atoms with Crippen LogP contribution in [-0.4, -0.2) is 42.5 Å². The Morgan fingerprint density at radius 2 is 2.05 bits per heavy atom. The molecule has 0 radical (unpaired) electrons. The lowest BCUT2D eigenvalue weighted by Crippen LogP contribution is -2.40. The minimum Gasteiger partial charge on any atom is -0.465 e. The van der Waals surface area contributed by atoms with E-state index >= 15 is 0 Å². The van der Waals surface area contributed by atoms with Gasteiger partial charge in [0.1, 0.15) is 6.29 Å². The Hall–Kier alpha value is -1.14. The average molecular weight is 269 g/mol. The Bertz CT molecular complexity index is 379. The molecular formula is C13H19NO5. The van der Waals surface area contributed by atoms with Gasteiger partial charge in [0.15, 0.2) is 5.79 Å². The second-order valence-electron chi connectivity index (χ2n) is 5.76. The summed E-state index contributed by atoms with van der Waals surface area (Å²) in [5, 5.41) is 11.3. The fourth-order valence-electron chi connectivity index (χ4n) is 4.11. The molecule has 3 aliphatic rings. The van der Waals surface area contributed by atoms with Gasteiger partial charge in [-0.15, -0.1) is 0 Å². The van der Waals surface area contributed by atoms with E-state index in [4.69, 9.17) is 14.6 Å². The smallest absolute Gasteiger partial charge is 0.404 e. The van der Waals surface area contributed by atoms with Crippen LogP contribution in [-0.2, 0) is 14.3 Å². The molecule has 0 aromatic carbocycles. The first kappa shape index (κ1) is 12.9. The molecule has 3 fully saturated rings. The molecule has 1 saturated heterocycles. The van der Waals surface area contributed by atoms with E-state index in [9.17, 15) is 9.59 Å². The summed E-state index contributed by atoms with van der Waals surface area (Å²) >= 11 is 0. The Morgan fingerprint density at radius 3 is 2.68 bits per heavy atom. The van der Waals surface area contributed by atoms with E-state index < -0.39 is 11.9 Å². The Labute approximate surface area is 111 Å². The summed E-state index contributed by atoms with van der Waals surface area (Å²) in [7, 11) is 0. The number of hydrogen-bond donors (Lipinski definition) is 2. The van der Waals surface area contributed by atoms with E-state index in [-0.39, 0.29) is 17.9 Å². The molecule has 1 aliphatic heterocycles. The summed E-state index contributed by atoms with van der Waals surface area (Å²) in [5.74, 6) is -0.359. The molecule has 3 rings (SSSR count). The standard InChI is InChI=1S/C13H19NO5/c15-7-11-10-2-1-9(14-12(16)17)5-8(10)6-13(11)18-3-4-19-13/h7-11,14H,1-6H2,(H,16,17)/t8-,9?,10-,11+/m1/s1. The molecule has 6 heteroatoms. The molecule has 4 atom stereocenters. The van der Waals surface area contributed by atoms with Crippen molar-refractivity contribution in [3.8, 4) is 0 Å². The highest BCUT2D eigenvalue weighted by Crippen LogP contribution is 2.53. The molecule has 0 bridgehead atoms. The van der Waals surface area contributed by atoms with Crippen LogP contribution in [0.3, 0.4) is 0 Å². The molecule has 2 saturated carbocycles. The third-order valence-electron chi connectivity index (χ3n) is 4.81. The largest absolute Gasteiger partial charge is 0.465 e. The molecule has 0 aromatic rings. The normalized spacial score (nSPS) is 40.0. The zero-order valence-electron chi connectivity index (χ0n) is 10.7. The highest BCUT2D eigenvalue weighted by atomic mass is 16.7. The first-order valence-electron chi connectivity index (χ1n) is 6.87. The third-order valence-corrected chi connectivity index (χ3v) is 4.81. The van der Waals surface area contributed by atoms with E-state index in [0.717, 1.165) is 25.5 Å². The number of ether oxygens (including phenoxy) is 2. The van der Waals surface area contributed by atoms with Crippen LogP contribution in [0.15, 0.2) is 0 Å². The van der Waals surface area contributed by atoms with Crippen molar-refractivity contribution in [2.75, 3.05) is 13.2 Å². The number of carboxylic acid groups (broad SMARTS) is 1. The van der Waals surface area contributed by atoms with Gasteiger partial charge in [-0.3, -0.25) is 0 Å². The molecule has 1 heterocycles. The lowest BCUT2D eigenvalue weighted by molar-refractivity contribution is -0.184. The molecule has 2 aliphatic carbocycles. The third kappa shape index (κ3) is 2.12. The van der Waals surface area contributed by atoms with Crippen molar-refractivity contribution in [1.29, 1.82) is 0 Å². The number of fused-ring (bicyclic) bond motifs is 1. The predicted octanol–water partition coefficient (Wildman–Crippen LogP) is 1.00. The molecule has 1 spiro atoms. The van der Waals surface area contributed by atoms with Crippen LogP contribution in [0.2, 0.25) is 0 Å². The summed E-state index contributed by atoms with van der Waals surface area (Å²) < 4.78 is 11.4. The molecule has 106 valence electrons. The highest BCUT2D eigenvalue weighted by Gasteiger charge is 2.58. The number of carbonyl (C=O) groups excluding carboxylic acids is 1. The van der Waals surface area contributed by atoms with Crippen LogP contribution in [0, 0.1) is 17.8 Å².